The van der Waals surface area contributed by atoms with E-state index in [1.165, 1.54) is 37.7 Å². The summed E-state index contributed by atoms with van der Waals surface area (Å²) in [6, 6.07) is 8.40. The van der Waals surface area contributed by atoms with E-state index in [0.717, 1.165) is 49.9 Å². The van der Waals surface area contributed by atoms with Crippen LogP contribution in [0.4, 0.5) is 4.79 Å². The predicted molar refractivity (Wildman–Crippen MR) is 156 cm³/mol. The molecule has 6 nitrogen and oxygen atoms in total. The smallest absolute Gasteiger partial charge is 0.321 e. The van der Waals surface area contributed by atoms with Gasteiger partial charge in [-0.1, -0.05) is 76.8 Å². The average molecular weight is 528 g/mol. The van der Waals surface area contributed by atoms with Crippen molar-refractivity contribution < 1.29 is 14.6 Å². The van der Waals surface area contributed by atoms with Crippen molar-refractivity contribution in [2.45, 2.75) is 102 Å². The topological polar surface area (TPSA) is 73.8 Å². The van der Waals surface area contributed by atoms with E-state index in [4.69, 9.17) is 4.74 Å². The highest BCUT2D eigenvalue weighted by Gasteiger charge is 2.44. The van der Waals surface area contributed by atoms with Crippen LogP contribution in [-0.4, -0.2) is 55.9 Å². The first-order valence-corrected chi connectivity index (χ1v) is 15.0. The van der Waals surface area contributed by atoms with Gasteiger partial charge >= 0.3 is 6.03 Å². The van der Waals surface area contributed by atoms with Crippen LogP contribution in [0.2, 0.25) is 0 Å². The van der Waals surface area contributed by atoms with E-state index in [9.17, 15) is 9.90 Å². The fourth-order valence-corrected chi connectivity index (χ4v) is 6.54. The van der Waals surface area contributed by atoms with Crippen LogP contribution in [-0.2, 0) is 10.3 Å². The molecule has 0 aromatic heterocycles. The van der Waals surface area contributed by atoms with Crippen LogP contribution in [0, 0.1) is 11.8 Å². The summed E-state index contributed by atoms with van der Waals surface area (Å²) in [7, 11) is 3.66. The lowest BCUT2D eigenvalue weighted by atomic mass is 9.72. The summed E-state index contributed by atoms with van der Waals surface area (Å²) in [5, 5.41) is 19.0. The van der Waals surface area contributed by atoms with Gasteiger partial charge in [0.25, 0.3) is 0 Å². The lowest BCUT2D eigenvalue weighted by Gasteiger charge is -2.44. The summed E-state index contributed by atoms with van der Waals surface area (Å²) in [5.41, 5.74) is 1.80. The highest BCUT2D eigenvalue weighted by atomic mass is 16.5. The van der Waals surface area contributed by atoms with Gasteiger partial charge in [-0.15, -0.1) is 0 Å². The Labute approximate surface area is 231 Å². The van der Waals surface area contributed by atoms with Gasteiger partial charge in [-0.2, -0.15) is 0 Å². The maximum Gasteiger partial charge on any atom is 0.321 e. The van der Waals surface area contributed by atoms with Crippen molar-refractivity contribution in [3.63, 3.8) is 0 Å². The first-order valence-electron chi connectivity index (χ1n) is 15.0. The quantitative estimate of drug-likeness (QED) is 0.263. The fraction of sp³-hybridized carbons (Fsp3) is 0.719. The Kier molecular flexibility index (Phi) is 12.1. The number of likely N-dealkylation sites (N-methyl/N-ethyl adjacent to an activating group) is 1. The number of carbonyl (C=O) groups excluding carboxylic acids is 1. The Balaban J connectivity index is 1.79. The van der Waals surface area contributed by atoms with Gasteiger partial charge in [-0.05, 0) is 68.5 Å². The molecule has 2 aliphatic rings. The number of hydrogen-bond donors (Lipinski definition) is 3. The molecule has 1 saturated carbocycles. The number of nitrogens with one attached hydrogen (secondary N) is 2. The summed E-state index contributed by atoms with van der Waals surface area (Å²) in [6.07, 6.45) is 11.5. The zero-order valence-electron chi connectivity index (χ0n) is 24.4. The second-order valence-corrected chi connectivity index (χ2v) is 11.9. The van der Waals surface area contributed by atoms with Crippen molar-refractivity contribution >= 4 is 6.03 Å². The highest BCUT2D eigenvalue weighted by molar-refractivity contribution is 5.76. The molecule has 1 aromatic carbocycles. The Morgan fingerprint density at radius 2 is 1.95 bits per heavy atom. The lowest BCUT2D eigenvalue weighted by Crippen LogP contribution is -2.52. The van der Waals surface area contributed by atoms with Crippen LogP contribution in [0.5, 0.6) is 0 Å². The van der Waals surface area contributed by atoms with E-state index in [-0.39, 0.29) is 18.0 Å². The molecule has 1 saturated heterocycles. The number of methoxy groups -OCH3 is 1. The summed E-state index contributed by atoms with van der Waals surface area (Å²) >= 11 is 0. The van der Waals surface area contributed by atoms with Crippen molar-refractivity contribution in [1.29, 1.82) is 0 Å². The molecule has 0 spiro atoms. The van der Waals surface area contributed by atoms with Crippen molar-refractivity contribution in [2.75, 3.05) is 33.9 Å². The zero-order valence-corrected chi connectivity index (χ0v) is 24.4. The van der Waals surface area contributed by atoms with E-state index in [1.807, 2.05) is 18.0 Å². The van der Waals surface area contributed by atoms with E-state index >= 15 is 0 Å². The number of amides is 2. The molecule has 3 rings (SSSR count). The van der Waals surface area contributed by atoms with Crippen molar-refractivity contribution in [1.82, 2.24) is 15.5 Å². The summed E-state index contributed by atoms with van der Waals surface area (Å²) in [5.74, 6) is 0.844. The second-order valence-electron chi connectivity index (χ2n) is 11.9. The van der Waals surface area contributed by atoms with Crippen LogP contribution < -0.4 is 10.6 Å². The number of aliphatic hydroxyl groups is 1. The van der Waals surface area contributed by atoms with E-state index in [2.05, 4.69) is 49.3 Å². The summed E-state index contributed by atoms with van der Waals surface area (Å²) in [6.45, 7) is 10.9. The van der Waals surface area contributed by atoms with Crippen molar-refractivity contribution in [3.8, 4) is 0 Å². The molecule has 0 unspecified atom stereocenters. The molecule has 1 aliphatic heterocycles. The number of unbranched alkanes of at least 4 members (excludes halogenated alkanes) is 1. The minimum Gasteiger partial charge on any atom is -0.385 e. The maximum atomic E-state index is 13.6. The van der Waals surface area contributed by atoms with Crippen LogP contribution >= 0.6 is 0 Å². The predicted octanol–water partition coefficient (Wildman–Crippen LogP) is 6.31. The van der Waals surface area contributed by atoms with Gasteiger partial charge in [-0.3, -0.25) is 4.90 Å². The molecular formula is C32H53N3O3. The van der Waals surface area contributed by atoms with Gasteiger partial charge in [0.15, 0.2) is 0 Å². The van der Waals surface area contributed by atoms with Gasteiger partial charge in [0, 0.05) is 44.5 Å². The number of piperidine rings is 1. The Hall–Kier alpha value is -1.89. The van der Waals surface area contributed by atoms with Crippen LogP contribution in [0.25, 0.3) is 0 Å². The number of carbonyl (C=O) groups is 1. The number of rotatable bonds is 13. The lowest BCUT2D eigenvalue weighted by molar-refractivity contribution is -0.0388. The molecule has 38 heavy (non-hydrogen) atoms. The number of likely N-dealkylation sites (tertiary alicyclic amines) is 1. The Bertz CT molecular complexity index is 882. The highest BCUT2D eigenvalue weighted by Crippen LogP contribution is 2.44. The molecule has 3 N–H and O–H groups in total. The molecule has 1 heterocycles. The Morgan fingerprint density at radius 1 is 1.18 bits per heavy atom. The molecule has 214 valence electrons. The van der Waals surface area contributed by atoms with Gasteiger partial charge in [0.05, 0.1) is 5.60 Å². The summed E-state index contributed by atoms with van der Waals surface area (Å²) < 4.78 is 5.27. The number of nitrogens with zero attached hydrogens (tertiary/aromatic N) is 1. The van der Waals surface area contributed by atoms with Crippen molar-refractivity contribution in [2.24, 2.45) is 11.8 Å². The molecule has 0 bridgehead atoms. The molecule has 0 radical (unpaired) electrons. The molecule has 2 fully saturated rings. The van der Waals surface area contributed by atoms with Gasteiger partial charge in [0.1, 0.15) is 0 Å². The monoisotopic (exact) mass is 527 g/mol. The van der Waals surface area contributed by atoms with E-state index in [1.54, 1.807) is 7.11 Å². The van der Waals surface area contributed by atoms with Crippen LogP contribution in [0.3, 0.4) is 0 Å². The van der Waals surface area contributed by atoms with E-state index < -0.39 is 5.60 Å². The second kappa shape index (κ2) is 15.0. The number of ether oxygens (including phenoxy) is 1. The largest absolute Gasteiger partial charge is 0.385 e. The third-order valence-electron chi connectivity index (χ3n) is 8.78. The number of urea groups is 1. The molecular weight excluding hydrogens is 474 g/mol. The van der Waals surface area contributed by atoms with Gasteiger partial charge in [0.2, 0.25) is 0 Å². The van der Waals surface area contributed by atoms with Crippen LogP contribution in [0.15, 0.2) is 36.5 Å². The maximum absolute atomic E-state index is 13.6. The molecule has 1 aromatic rings. The summed E-state index contributed by atoms with van der Waals surface area (Å²) in [4.78, 5) is 15.4. The number of hydrogen-bond acceptors (Lipinski definition) is 4. The third-order valence-corrected chi connectivity index (χ3v) is 8.78. The SMILES string of the molecule is C=C1[C@H]([C@@](O)(CCCCOC)c2cccc(C(C)C)c2)CCCN1C(=O)N[C@H](CNC)CC1CCCCC1. The van der Waals surface area contributed by atoms with Gasteiger partial charge < -0.3 is 20.5 Å². The Morgan fingerprint density at radius 3 is 2.63 bits per heavy atom. The average Bonchev–Trinajstić information content (AvgIpc) is 2.92. The first-order chi connectivity index (χ1) is 18.3. The normalized spacial score (nSPS) is 21.4. The van der Waals surface area contributed by atoms with Crippen LogP contribution in [0.1, 0.15) is 102 Å². The van der Waals surface area contributed by atoms with E-state index in [0.29, 0.717) is 31.4 Å². The molecule has 2 amide bonds. The fourth-order valence-electron chi connectivity index (χ4n) is 6.54. The molecule has 1 aliphatic carbocycles. The molecule has 3 atom stereocenters. The standard InChI is InChI=1S/C32H53N3O3/c1-24(2)27-15-11-16-28(22-27)32(37,18-9-10-20-38-5)30-17-12-19-35(25(30)3)31(36)34-29(23-33-4)21-26-13-7-6-8-14-26/h11,15-16,22,24,26,29-30,33,37H,3,6-10,12-14,17-21,23H2,1-2,4-5H3,(H,34,36)/t29-,30+,32+/m0/s1. The third kappa shape index (κ3) is 8.06. The molecule has 6 heteroatoms. The minimum absolute atomic E-state index is 0.0755. The minimum atomic E-state index is -1.08. The van der Waals surface area contributed by atoms with Crippen molar-refractivity contribution in [3.05, 3.63) is 47.7 Å². The first kappa shape index (κ1) is 30.6. The zero-order chi connectivity index (χ0) is 27.5. The van der Waals surface area contributed by atoms with Gasteiger partial charge in [-0.25, -0.2) is 4.79 Å². The number of benzene rings is 1.